The standard InChI is InChI=1S/C42H26O.C38H24O/c1-2-12-27(13-3-1)41-33-17-6-8-19-35(33)42(36-20-9-7-18-34(36)41)37-24-23-29(30-14-4-5-15-31(30)37)28-22-25-40-38(26-28)32-16-10-11-21-39(32)43-40;1-3-11-25(12-4-1)27-19-21-35-33(23-27)34-24-28(20-22-36(34)39-35)38-31-17-9-7-15-29(31)37(26-13-5-2-6-14-26)30-16-8-10-18-32(30)38/h1-26H;1-24H/i6D,7D,8D,9D,17D,18D,19D,20D;7D,8D,9D,10D,15D,16D,17D,18D. The molecule has 0 unspecified atom stereocenters. The van der Waals surface area contributed by atoms with Gasteiger partial charge in [0.2, 0.25) is 0 Å². The normalized spacial score (nSPS) is 14.4. The molecule has 2 nitrogen and oxygen atoms in total. The van der Waals surface area contributed by atoms with Crippen LogP contribution in [0.3, 0.4) is 0 Å². The fourth-order valence-corrected chi connectivity index (χ4v) is 12.0. The molecule has 0 aliphatic rings. The minimum atomic E-state index is -0.426. The molecule has 0 bridgehead atoms. The Morgan fingerprint density at radius 3 is 1.00 bits per heavy atom. The number of hydrogen-bond acceptors (Lipinski definition) is 2. The Balaban J connectivity index is 0.000000154. The Morgan fingerprint density at radius 1 is 0.195 bits per heavy atom. The Hall–Kier alpha value is -10.8. The van der Waals surface area contributed by atoms with Crippen molar-refractivity contribution in [1.29, 1.82) is 0 Å². The second-order valence-corrected chi connectivity index (χ2v) is 20.1. The zero-order valence-corrected chi connectivity index (χ0v) is 43.4. The lowest BCUT2D eigenvalue weighted by atomic mass is 9.84. The maximum absolute atomic E-state index is 9.29. The van der Waals surface area contributed by atoms with Crippen LogP contribution in [-0.2, 0) is 0 Å². The molecule has 382 valence electrons. The van der Waals surface area contributed by atoms with Gasteiger partial charge in [0.25, 0.3) is 0 Å². The molecule has 0 saturated carbocycles. The molecule has 15 aromatic carbocycles. The Kier molecular flexibility index (Phi) is 8.00. The minimum Gasteiger partial charge on any atom is -0.456 e. The van der Waals surface area contributed by atoms with E-state index >= 15 is 0 Å². The van der Waals surface area contributed by atoms with Gasteiger partial charge >= 0.3 is 0 Å². The van der Waals surface area contributed by atoms with E-state index in [2.05, 4.69) is 6.07 Å². The summed E-state index contributed by atoms with van der Waals surface area (Å²) in [7, 11) is 0. The maximum Gasteiger partial charge on any atom is 0.135 e. The Bertz CT molecular complexity index is 6150. The zero-order chi connectivity index (χ0) is 68.0. The van der Waals surface area contributed by atoms with Crippen molar-refractivity contribution in [3.05, 3.63) is 303 Å². The van der Waals surface area contributed by atoms with E-state index in [9.17, 15) is 5.48 Å². The van der Waals surface area contributed by atoms with Gasteiger partial charge in [-0.05, 0) is 163 Å². The molecule has 0 spiro atoms. The van der Waals surface area contributed by atoms with Crippen molar-refractivity contribution in [2.45, 2.75) is 0 Å². The predicted molar refractivity (Wildman–Crippen MR) is 348 cm³/mol. The fraction of sp³-hybridized carbons (Fsp3) is 0. The number of hydrogen-bond donors (Lipinski definition) is 0. The maximum atomic E-state index is 9.29. The van der Waals surface area contributed by atoms with Gasteiger partial charge in [-0.3, -0.25) is 0 Å². The summed E-state index contributed by atoms with van der Waals surface area (Å²) in [6, 6.07) is 59.4. The molecular formula is C80H50O2. The van der Waals surface area contributed by atoms with E-state index in [0.29, 0.717) is 55.7 Å². The van der Waals surface area contributed by atoms with Gasteiger partial charge < -0.3 is 8.83 Å². The molecule has 0 radical (unpaired) electrons. The van der Waals surface area contributed by atoms with Gasteiger partial charge in [-0.2, -0.15) is 0 Å². The van der Waals surface area contributed by atoms with Crippen molar-refractivity contribution in [3.8, 4) is 66.8 Å². The molecule has 2 aromatic heterocycles. The smallest absolute Gasteiger partial charge is 0.135 e. The van der Waals surface area contributed by atoms with Crippen LogP contribution in [-0.4, -0.2) is 0 Å². The molecule has 2 heteroatoms. The van der Waals surface area contributed by atoms with Crippen molar-refractivity contribution >= 4 is 97.7 Å². The van der Waals surface area contributed by atoms with Crippen LogP contribution in [0.1, 0.15) is 21.9 Å². The van der Waals surface area contributed by atoms with E-state index in [1.54, 1.807) is 60.7 Å². The first-order valence-corrected chi connectivity index (χ1v) is 26.8. The molecule has 0 aliphatic carbocycles. The molecule has 82 heavy (non-hydrogen) atoms. The average Bonchev–Trinajstić information content (AvgIpc) is 0.704. The number of para-hydroxylation sites is 1. The highest BCUT2D eigenvalue weighted by Crippen LogP contribution is 2.48. The first kappa shape index (κ1) is 33.6. The highest BCUT2D eigenvalue weighted by Gasteiger charge is 2.21. The summed E-state index contributed by atoms with van der Waals surface area (Å²) in [5.41, 5.74) is 10.4. The van der Waals surface area contributed by atoms with Crippen LogP contribution in [0.15, 0.2) is 312 Å². The van der Waals surface area contributed by atoms with Crippen LogP contribution in [0.2, 0.25) is 0 Å². The van der Waals surface area contributed by atoms with Crippen molar-refractivity contribution in [3.63, 3.8) is 0 Å². The van der Waals surface area contributed by atoms with E-state index in [1.165, 1.54) is 0 Å². The van der Waals surface area contributed by atoms with Gasteiger partial charge in [-0.1, -0.05) is 260 Å². The van der Waals surface area contributed by atoms with Gasteiger partial charge in [-0.15, -0.1) is 0 Å². The highest BCUT2D eigenvalue weighted by molar-refractivity contribution is 6.25. The fourth-order valence-electron chi connectivity index (χ4n) is 12.0. The summed E-state index contributed by atoms with van der Waals surface area (Å²) >= 11 is 0. The third-order valence-corrected chi connectivity index (χ3v) is 15.6. The summed E-state index contributed by atoms with van der Waals surface area (Å²) in [5, 5.41) is 6.79. The molecule has 0 N–H and O–H groups in total. The van der Waals surface area contributed by atoms with Crippen LogP contribution in [0.4, 0.5) is 0 Å². The highest BCUT2D eigenvalue weighted by atomic mass is 16.3. The van der Waals surface area contributed by atoms with Crippen molar-refractivity contribution in [2.75, 3.05) is 0 Å². The van der Waals surface area contributed by atoms with Crippen LogP contribution in [0, 0.1) is 0 Å². The largest absolute Gasteiger partial charge is 0.456 e. The molecule has 17 rings (SSSR count). The summed E-state index contributed by atoms with van der Waals surface area (Å²) in [6.07, 6.45) is 0. The van der Waals surface area contributed by atoms with Crippen molar-refractivity contribution < 1.29 is 30.8 Å². The topological polar surface area (TPSA) is 26.3 Å². The predicted octanol–water partition coefficient (Wildman–Crippen LogP) is 22.9. The van der Waals surface area contributed by atoms with E-state index in [0.717, 1.165) is 65.7 Å². The van der Waals surface area contributed by atoms with Gasteiger partial charge in [0.15, 0.2) is 0 Å². The lowest BCUT2D eigenvalue weighted by molar-refractivity contribution is 0.668. The van der Waals surface area contributed by atoms with Gasteiger partial charge in [0.1, 0.15) is 22.3 Å². The molecule has 17 aromatic rings. The van der Waals surface area contributed by atoms with E-state index in [-0.39, 0.29) is 91.4 Å². The second kappa shape index (κ2) is 19.5. The van der Waals surface area contributed by atoms with Crippen LogP contribution >= 0.6 is 0 Å². The molecule has 0 aliphatic heterocycles. The van der Waals surface area contributed by atoms with Gasteiger partial charge in [0, 0.05) is 21.5 Å². The molecule has 2 heterocycles. The van der Waals surface area contributed by atoms with E-state index < -0.39 is 48.3 Å². The van der Waals surface area contributed by atoms with Gasteiger partial charge in [0.05, 0.1) is 21.9 Å². The van der Waals surface area contributed by atoms with Crippen molar-refractivity contribution in [2.24, 2.45) is 0 Å². The average molecular weight is 1060 g/mol. The summed E-state index contributed by atoms with van der Waals surface area (Å²) in [5.74, 6) is 0. The number of fused-ring (bicyclic) bond motifs is 11. The molecular weight excluding hydrogens is 993 g/mol. The van der Waals surface area contributed by atoms with Gasteiger partial charge in [-0.25, -0.2) is 0 Å². The third kappa shape index (κ3) is 7.80. The van der Waals surface area contributed by atoms with Crippen LogP contribution in [0.5, 0.6) is 0 Å². The summed E-state index contributed by atoms with van der Waals surface area (Å²) in [6.45, 7) is 0. The van der Waals surface area contributed by atoms with E-state index in [1.807, 2.05) is 140 Å². The molecule has 0 amide bonds. The van der Waals surface area contributed by atoms with E-state index in [4.69, 9.17) is 25.3 Å². The monoisotopic (exact) mass is 1060 g/mol. The third-order valence-electron chi connectivity index (χ3n) is 15.6. The quantitative estimate of drug-likeness (QED) is 0.155. The molecule has 0 fully saturated rings. The zero-order valence-electron chi connectivity index (χ0n) is 59.4. The molecule has 0 saturated heterocycles. The summed E-state index contributed by atoms with van der Waals surface area (Å²) in [4.78, 5) is 0. The minimum absolute atomic E-state index is 0.185. The Labute approximate surface area is 496 Å². The SMILES string of the molecule is [2H]c1c([2H])c([2H])c2c(-c3ccc(-c4ccc5oc6ccccc6c5c4)c4ccccc34)c3c([2H])c([2H])c([2H])c([2H])c3c(-c3ccccc3)c2c1[2H].[2H]c1c([2H])c([2H])c2c(-c3ccc4oc5ccc(-c6ccccc6)cc5c4c3)c3c([2H])c([2H])c([2H])c([2H])c3c(-c3ccccc3)c2c1[2H]. The molecule has 0 atom stereocenters. The summed E-state index contributed by atoms with van der Waals surface area (Å²) < 4.78 is 155. The van der Waals surface area contributed by atoms with Crippen LogP contribution in [0.25, 0.3) is 165 Å². The Morgan fingerprint density at radius 2 is 0.512 bits per heavy atom. The number of benzene rings is 15. The lowest BCUT2D eigenvalue weighted by Crippen LogP contribution is -1.92. The number of rotatable bonds is 6. The first-order valence-electron chi connectivity index (χ1n) is 34.8. The first-order chi connectivity index (χ1) is 47.3. The lowest BCUT2D eigenvalue weighted by Gasteiger charge is -2.19. The van der Waals surface area contributed by atoms with Crippen molar-refractivity contribution in [1.82, 2.24) is 0 Å². The van der Waals surface area contributed by atoms with Crippen LogP contribution < -0.4 is 0 Å². The second-order valence-electron chi connectivity index (χ2n) is 20.1. The number of furan rings is 2.